The molecule has 0 aromatic heterocycles. The molecule has 0 spiro atoms. The van der Waals surface area contributed by atoms with Gasteiger partial charge in [0.1, 0.15) is 5.60 Å². The Kier molecular flexibility index (Phi) is 8.99. The van der Waals surface area contributed by atoms with Crippen molar-refractivity contribution in [3.05, 3.63) is 0 Å². The Bertz CT molecular complexity index is 361. The maximum Gasteiger partial charge on any atom is 0.407 e. The smallest absolute Gasteiger partial charge is 0.407 e. The SMILES string of the molecule is CC(C)(C)OC(=O)NCCCC(=O)NCCCN1CCCCC1. The van der Waals surface area contributed by atoms with Gasteiger partial charge < -0.3 is 20.3 Å². The zero-order valence-corrected chi connectivity index (χ0v) is 15.0. The van der Waals surface area contributed by atoms with Gasteiger partial charge in [0.25, 0.3) is 0 Å². The Balaban J connectivity index is 1.94. The first-order valence-corrected chi connectivity index (χ1v) is 8.83. The van der Waals surface area contributed by atoms with Gasteiger partial charge in [-0.1, -0.05) is 6.42 Å². The number of likely N-dealkylation sites (tertiary alicyclic amines) is 1. The number of ether oxygens (including phenoxy) is 1. The van der Waals surface area contributed by atoms with Crippen LogP contribution < -0.4 is 10.6 Å². The molecule has 1 saturated heterocycles. The van der Waals surface area contributed by atoms with Crippen LogP contribution in [0.2, 0.25) is 0 Å². The highest BCUT2D eigenvalue weighted by molar-refractivity contribution is 5.75. The predicted octanol–water partition coefficient (Wildman–Crippen LogP) is 2.28. The van der Waals surface area contributed by atoms with Crippen LogP contribution in [0.1, 0.15) is 59.3 Å². The number of nitrogens with zero attached hydrogens (tertiary/aromatic N) is 1. The van der Waals surface area contributed by atoms with Crippen LogP contribution in [0.15, 0.2) is 0 Å². The maximum atomic E-state index is 11.7. The second kappa shape index (κ2) is 10.5. The van der Waals surface area contributed by atoms with Crippen LogP contribution in [0.3, 0.4) is 0 Å². The fourth-order valence-corrected chi connectivity index (χ4v) is 2.56. The topological polar surface area (TPSA) is 70.7 Å². The van der Waals surface area contributed by atoms with Gasteiger partial charge in [0.15, 0.2) is 0 Å². The molecule has 0 unspecified atom stereocenters. The molecule has 1 heterocycles. The standard InChI is InChI=1S/C17H33N3O3/c1-17(2,3)23-16(22)19-10-7-9-15(21)18-11-8-14-20-12-5-4-6-13-20/h4-14H2,1-3H3,(H,18,21)(H,19,22). The summed E-state index contributed by atoms with van der Waals surface area (Å²) in [6.07, 6.45) is 5.58. The third-order valence-electron chi connectivity index (χ3n) is 3.67. The van der Waals surface area contributed by atoms with Crippen molar-refractivity contribution in [3.8, 4) is 0 Å². The van der Waals surface area contributed by atoms with Crippen molar-refractivity contribution in [3.63, 3.8) is 0 Å². The van der Waals surface area contributed by atoms with E-state index in [-0.39, 0.29) is 5.91 Å². The van der Waals surface area contributed by atoms with E-state index in [0.29, 0.717) is 19.4 Å². The van der Waals surface area contributed by atoms with Crippen LogP contribution in [0.4, 0.5) is 4.79 Å². The molecule has 23 heavy (non-hydrogen) atoms. The quantitative estimate of drug-likeness (QED) is 0.671. The first-order chi connectivity index (χ1) is 10.9. The zero-order chi connectivity index (χ0) is 17.1. The van der Waals surface area contributed by atoms with E-state index >= 15 is 0 Å². The van der Waals surface area contributed by atoms with Gasteiger partial charge in [0, 0.05) is 19.5 Å². The molecule has 0 radical (unpaired) electrons. The van der Waals surface area contributed by atoms with Gasteiger partial charge in [-0.2, -0.15) is 0 Å². The third kappa shape index (κ3) is 11.0. The summed E-state index contributed by atoms with van der Waals surface area (Å²) in [7, 11) is 0. The lowest BCUT2D eigenvalue weighted by Crippen LogP contribution is -2.34. The van der Waals surface area contributed by atoms with Crippen molar-refractivity contribution in [1.29, 1.82) is 0 Å². The zero-order valence-electron chi connectivity index (χ0n) is 15.0. The normalized spacial score (nSPS) is 16.0. The van der Waals surface area contributed by atoms with E-state index in [4.69, 9.17) is 4.74 Å². The average molecular weight is 327 g/mol. The summed E-state index contributed by atoms with van der Waals surface area (Å²) < 4.78 is 5.13. The van der Waals surface area contributed by atoms with Crippen molar-refractivity contribution < 1.29 is 14.3 Å². The van der Waals surface area contributed by atoms with Crippen LogP contribution >= 0.6 is 0 Å². The number of rotatable bonds is 8. The minimum Gasteiger partial charge on any atom is -0.444 e. The van der Waals surface area contributed by atoms with Crippen LogP contribution in [-0.2, 0) is 9.53 Å². The second-order valence-electron chi connectivity index (χ2n) is 7.14. The van der Waals surface area contributed by atoms with Crippen LogP contribution in [0.5, 0.6) is 0 Å². The highest BCUT2D eigenvalue weighted by Crippen LogP contribution is 2.08. The number of carbonyl (C=O) groups excluding carboxylic acids is 2. The minimum absolute atomic E-state index is 0.0506. The van der Waals surface area contributed by atoms with Gasteiger partial charge in [-0.05, 0) is 66.1 Å². The van der Waals surface area contributed by atoms with Gasteiger partial charge in [0.05, 0.1) is 0 Å². The predicted molar refractivity (Wildman–Crippen MR) is 91.4 cm³/mol. The Hall–Kier alpha value is -1.30. The molecule has 134 valence electrons. The van der Waals surface area contributed by atoms with Gasteiger partial charge in [-0.3, -0.25) is 4.79 Å². The molecule has 2 N–H and O–H groups in total. The third-order valence-corrected chi connectivity index (χ3v) is 3.67. The minimum atomic E-state index is -0.490. The summed E-state index contributed by atoms with van der Waals surface area (Å²) in [5.41, 5.74) is -0.490. The molecule has 6 heteroatoms. The van der Waals surface area contributed by atoms with E-state index in [1.807, 2.05) is 20.8 Å². The summed E-state index contributed by atoms with van der Waals surface area (Å²) in [6.45, 7) is 10.1. The number of carbonyl (C=O) groups is 2. The largest absolute Gasteiger partial charge is 0.444 e. The Morgan fingerprint density at radius 3 is 2.30 bits per heavy atom. The summed E-state index contributed by atoms with van der Waals surface area (Å²) in [4.78, 5) is 25.6. The molecule has 1 aliphatic heterocycles. The molecule has 1 fully saturated rings. The van der Waals surface area contributed by atoms with Crippen LogP contribution in [-0.4, -0.2) is 55.2 Å². The molecule has 0 saturated carbocycles. The molecular formula is C17H33N3O3. The van der Waals surface area contributed by atoms with Crippen molar-refractivity contribution in [2.75, 3.05) is 32.7 Å². The van der Waals surface area contributed by atoms with E-state index in [9.17, 15) is 9.59 Å². The molecule has 0 aliphatic carbocycles. The van der Waals surface area contributed by atoms with Crippen LogP contribution in [0.25, 0.3) is 0 Å². The van der Waals surface area contributed by atoms with E-state index in [2.05, 4.69) is 15.5 Å². The fraction of sp³-hybridized carbons (Fsp3) is 0.882. The molecule has 0 atom stereocenters. The molecule has 2 amide bonds. The lowest BCUT2D eigenvalue weighted by atomic mass is 10.1. The Morgan fingerprint density at radius 2 is 1.65 bits per heavy atom. The molecule has 0 bridgehead atoms. The van der Waals surface area contributed by atoms with Crippen molar-refractivity contribution in [2.45, 2.75) is 64.9 Å². The van der Waals surface area contributed by atoms with Crippen molar-refractivity contribution in [1.82, 2.24) is 15.5 Å². The summed E-state index contributed by atoms with van der Waals surface area (Å²) in [5.74, 6) is 0.0506. The number of alkyl carbamates (subject to hydrolysis) is 1. The summed E-state index contributed by atoms with van der Waals surface area (Å²) in [5, 5.41) is 5.60. The Morgan fingerprint density at radius 1 is 1.00 bits per heavy atom. The molecule has 0 aromatic carbocycles. The highest BCUT2D eigenvalue weighted by Gasteiger charge is 2.15. The lowest BCUT2D eigenvalue weighted by molar-refractivity contribution is -0.121. The Labute approximate surface area is 140 Å². The first-order valence-electron chi connectivity index (χ1n) is 8.83. The van der Waals surface area contributed by atoms with Gasteiger partial charge in [-0.15, -0.1) is 0 Å². The molecule has 1 rings (SSSR count). The van der Waals surface area contributed by atoms with Gasteiger partial charge >= 0.3 is 6.09 Å². The van der Waals surface area contributed by atoms with Gasteiger partial charge in [0.2, 0.25) is 5.91 Å². The van der Waals surface area contributed by atoms with E-state index in [0.717, 1.165) is 19.5 Å². The number of piperidine rings is 1. The molecule has 0 aromatic rings. The monoisotopic (exact) mass is 327 g/mol. The number of hydrogen-bond donors (Lipinski definition) is 2. The molecule has 6 nitrogen and oxygen atoms in total. The maximum absolute atomic E-state index is 11.7. The van der Waals surface area contributed by atoms with E-state index < -0.39 is 11.7 Å². The first kappa shape index (κ1) is 19.7. The molecular weight excluding hydrogens is 294 g/mol. The highest BCUT2D eigenvalue weighted by atomic mass is 16.6. The van der Waals surface area contributed by atoms with E-state index in [1.165, 1.54) is 32.4 Å². The number of nitrogens with one attached hydrogen (secondary N) is 2. The average Bonchev–Trinajstić information content (AvgIpc) is 2.47. The number of amides is 2. The summed E-state index contributed by atoms with van der Waals surface area (Å²) >= 11 is 0. The fourth-order valence-electron chi connectivity index (χ4n) is 2.56. The lowest BCUT2D eigenvalue weighted by Gasteiger charge is -2.26. The van der Waals surface area contributed by atoms with Crippen molar-refractivity contribution in [2.24, 2.45) is 0 Å². The van der Waals surface area contributed by atoms with Crippen molar-refractivity contribution >= 4 is 12.0 Å². The van der Waals surface area contributed by atoms with Gasteiger partial charge in [-0.25, -0.2) is 4.79 Å². The van der Waals surface area contributed by atoms with Crippen LogP contribution in [0, 0.1) is 0 Å². The number of hydrogen-bond acceptors (Lipinski definition) is 4. The summed E-state index contributed by atoms with van der Waals surface area (Å²) in [6, 6.07) is 0. The molecule has 1 aliphatic rings. The van der Waals surface area contributed by atoms with E-state index in [1.54, 1.807) is 0 Å². The second-order valence-corrected chi connectivity index (χ2v) is 7.14.